The third kappa shape index (κ3) is 6.81. The summed E-state index contributed by atoms with van der Waals surface area (Å²) in [7, 11) is 1.82. The molecule has 0 atom stereocenters. The highest BCUT2D eigenvalue weighted by Crippen LogP contribution is 2.24. The van der Waals surface area contributed by atoms with Crippen LogP contribution in [0.25, 0.3) is 5.65 Å². The fourth-order valence-electron chi connectivity index (χ4n) is 3.70. The summed E-state index contributed by atoms with van der Waals surface area (Å²) in [6.07, 6.45) is 7.53. The maximum Gasteiger partial charge on any atom is 0.245 e. The lowest BCUT2D eigenvalue weighted by atomic mass is 10.1. The number of nitrogens with zero attached hydrogens (tertiary/aromatic N) is 4. The van der Waals surface area contributed by atoms with Gasteiger partial charge in [-0.25, -0.2) is 4.98 Å². The largest absolute Gasteiger partial charge is 0.370 e. The van der Waals surface area contributed by atoms with E-state index in [0.29, 0.717) is 5.92 Å². The number of anilines is 2. The fourth-order valence-corrected chi connectivity index (χ4v) is 3.70. The number of unbranched alkanes of at least 4 members (excludes halogenated alkanes) is 3. The summed E-state index contributed by atoms with van der Waals surface area (Å²) < 4.78 is 1.89. The Bertz CT molecular complexity index is 1040. The number of aromatic nitrogens is 3. The summed E-state index contributed by atoms with van der Waals surface area (Å²) in [4.78, 5) is 18.1. The number of hydrogen-bond acceptors (Lipinski definition) is 5. The topological polar surface area (TPSA) is 74.6 Å². The second-order valence-electron chi connectivity index (χ2n) is 8.66. The summed E-state index contributed by atoms with van der Waals surface area (Å²) in [5.74, 6) is 2.11. The minimum atomic E-state index is -0.0181. The van der Waals surface area contributed by atoms with E-state index in [4.69, 9.17) is 4.98 Å². The second kappa shape index (κ2) is 12.0. The molecule has 0 aliphatic carbocycles. The van der Waals surface area contributed by atoms with Gasteiger partial charge < -0.3 is 15.5 Å². The highest BCUT2D eigenvalue weighted by atomic mass is 16.2. The highest BCUT2D eigenvalue weighted by molar-refractivity contribution is 5.86. The van der Waals surface area contributed by atoms with Crippen molar-refractivity contribution in [2.75, 3.05) is 30.8 Å². The Morgan fingerprint density at radius 1 is 1.15 bits per heavy atom. The van der Waals surface area contributed by atoms with Crippen molar-refractivity contribution in [1.82, 2.24) is 19.5 Å². The van der Waals surface area contributed by atoms with E-state index >= 15 is 0 Å². The van der Waals surface area contributed by atoms with Crippen molar-refractivity contribution >= 4 is 23.2 Å². The van der Waals surface area contributed by atoms with Crippen LogP contribution in [0.5, 0.6) is 0 Å². The minimum absolute atomic E-state index is 0.0181. The monoisotopic (exact) mass is 448 g/mol. The molecule has 7 heteroatoms. The predicted molar refractivity (Wildman–Crippen MR) is 136 cm³/mol. The fraction of sp³-hybridized carbons (Fsp3) is 0.423. The molecule has 0 aliphatic rings. The zero-order valence-corrected chi connectivity index (χ0v) is 20.1. The molecule has 1 aromatic carbocycles. The lowest BCUT2D eigenvalue weighted by Gasteiger charge is -2.14. The smallest absolute Gasteiger partial charge is 0.245 e. The summed E-state index contributed by atoms with van der Waals surface area (Å²) >= 11 is 0. The highest BCUT2D eigenvalue weighted by Gasteiger charge is 2.14. The maximum atomic E-state index is 11.5. The van der Waals surface area contributed by atoms with E-state index in [9.17, 15) is 4.79 Å². The molecule has 0 spiro atoms. The van der Waals surface area contributed by atoms with Gasteiger partial charge in [-0.3, -0.25) is 4.79 Å². The Kier molecular flexibility index (Phi) is 8.87. The molecule has 7 nitrogen and oxygen atoms in total. The van der Waals surface area contributed by atoms with Crippen LogP contribution in [0.15, 0.2) is 55.3 Å². The first-order valence-electron chi connectivity index (χ1n) is 11.8. The van der Waals surface area contributed by atoms with Crippen molar-refractivity contribution in [2.24, 2.45) is 0 Å². The SMILES string of the molecule is C=CC(=O)N(C)CCCCCCNc1cc(NCc2ccccc2)n2ncc(C(C)C)c2n1. The van der Waals surface area contributed by atoms with Gasteiger partial charge in [0.05, 0.1) is 6.20 Å². The molecule has 2 heterocycles. The predicted octanol–water partition coefficient (Wildman–Crippen LogP) is 5.08. The molecule has 176 valence electrons. The molecule has 0 unspecified atom stereocenters. The third-order valence-corrected chi connectivity index (χ3v) is 5.71. The van der Waals surface area contributed by atoms with E-state index < -0.39 is 0 Å². The Balaban J connectivity index is 1.58. The van der Waals surface area contributed by atoms with E-state index in [-0.39, 0.29) is 5.91 Å². The number of nitrogens with one attached hydrogen (secondary N) is 2. The first kappa shape index (κ1) is 24.3. The van der Waals surface area contributed by atoms with Gasteiger partial charge in [-0.1, -0.05) is 63.6 Å². The van der Waals surface area contributed by atoms with Crippen LogP contribution in [0.3, 0.4) is 0 Å². The molecule has 0 radical (unpaired) electrons. The van der Waals surface area contributed by atoms with E-state index in [1.807, 2.05) is 42.0 Å². The quantitative estimate of drug-likeness (QED) is 0.282. The van der Waals surface area contributed by atoms with Crippen LogP contribution in [-0.4, -0.2) is 45.5 Å². The van der Waals surface area contributed by atoms with E-state index in [0.717, 1.165) is 68.2 Å². The summed E-state index contributed by atoms with van der Waals surface area (Å²) in [6, 6.07) is 12.4. The van der Waals surface area contributed by atoms with Crippen LogP contribution < -0.4 is 10.6 Å². The van der Waals surface area contributed by atoms with Crippen molar-refractivity contribution < 1.29 is 4.79 Å². The average Bonchev–Trinajstić information content (AvgIpc) is 3.26. The third-order valence-electron chi connectivity index (χ3n) is 5.71. The first-order chi connectivity index (χ1) is 16.0. The van der Waals surface area contributed by atoms with Gasteiger partial charge in [0, 0.05) is 38.3 Å². The maximum absolute atomic E-state index is 11.5. The van der Waals surface area contributed by atoms with Crippen LogP contribution in [0.1, 0.15) is 56.6 Å². The molecule has 1 amide bonds. The first-order valence-corrected chi connectivity index (χ1v) is 11.8. The van der Waals surface area contributed by atoms with Crippen molar-refractivity contribution in [1.29, 1.82) is 0 Å². The standard InChI is InChI=1S/C26H36N6O/c1-5-25(33)31(4)16-12-7-6-11-15-27-23-17-24(28-18-21-13-9-8-10-14-21)32-26(30-23)22(19-29-32)20(2)3/h5,8-10,13-14,17,19-20,28H,1,6-7,11-12,15-16,18H2,2-4H3,(H,27,30). The van der Waals surface area contributed by atoms with Gasteiger partial charge in [-0.15, -0.1) is 0 Å². The molecule has 2 N–H and O–H groups in total. The molecule has 3 rings (SSSR count). The Labute approximate surface area is 196 Å². The molecule has 0 aliphatic heterocycles. The van der Waals surface area contributed by atoms with E-state index in [1.165, 1.54) is 11.6 Å². The number of carbonyl (C=O) groups excluding carboxylic acids is 1. The zero-order chi connectivity index (χ0) is 23.6. The molecule has 0 fully saturated rings. The van der Waals surface area contributed by atoms with Crippen molar-refractivity contribution in [3.8, 4) is 0 Å². The minimum Gasteiger partial charge on any atom is -0.370 e. The van der Waals surface area contributed by atoms with Crippen LogP contribution in [-0.2, 0) is 11.3 Å². The van der Waals surface area contributed by atoms with Crippen molar-refractivity contribution in [2.45, 2.75) is 52.0 Å². The number of benzene rings is 1. The number of hydrogen-bond donors (Lipinski definition) is 2. The number of carbonyl (C=O) groups is 1. The summed E-state index contributed by atoms with van der Waals surface area (Å²) in [5.41, 5.74) is 3.24. The van der Waals surface area contributed by atoms with Crippen LogP contribution in [0, 0.1) is 0 Å². The Morgan fingerprint density at radius 3 is 2.64 bits per heavy atom. The zero-order valence-electron chi connectivity index (χ0n) is 20.1. The van der Waals surface area contributed by atoms with Gasteiger partial charge in [-0.05, 0) is 30.4 Å². The lowest BCUT2D eigenvalue weighted by molar-refractivity contribution is -0.124. The molecular weight excluding hydrogens is 412 g/mol. The van der Waals surface area contributed by atoms with Gasteiger partial charge in [0.1, 0.15) is 11.6 Å². The molecule has 3 aromatic rings. The van der Waals surface area contributed by atoms with Crippen molar-refractivity contribution in [3.05, 3.63) is 66.4 Å². The van der Waals surface area contributed by atoms with Crippen LogP contribution in [0.4, 0.5) is 11.6 Å². The molecule has 2 aromatic heterocycles. The van der Waals surface area contributed by atoms with Crippen LogP contribution >= 0.6 is 0 Å². The Morgan fingerprint density at radius 2 is 1.91 bits per heavy atom. The normalized spacial score (nSPS) is 11.0. The van der Waals surface area contributed by atoms with Gasteiger partial charge in [-0.2, -0.15) is 9.61 Å². The molecule has 0 saturated heterocycles. The lowest BCUT2D eigenvalue weighted by Crippen LogP contribution is -2.25. The van der Waals surface area contributed by atoms with Gasteiger partial charge in [0.25, 0.3) is 0 Å². The molecular formula is C26H36N6O. The van der Waals surface area contributed by atoms with E-state index in [1.54, 1.807) is 4.90 Å². The second-order valence-corrected chi connectivity index (χ2v) is 8.66. The Hall–Kier alpha value is -3.35. The number of fused-ring (bicyclic) bond motifs is 1. The van der Waals surface area contributed by atoms with Crippen LogP contribution in [0.2, 0.25) is 0 Å². The summed E-state index contributed by atoms with van der Waals surface area (Å²) in [6.45, 7) is 10.2. The van der Waals surface area contributed by atoms with Gasteiger partial charge in [0.2, 0.25) is 5.91 Å². The summed E-state index contributed by atoms with van der Waals surface area (Å²) in [5, 5.41) is 11.6. The van der Waals surface area contributed by atoms with E-state index in [2.05, 4.69) is 48.3 Å². The van der Waals surface area contributed by atoms with Gasteiger partial charge in [0.15, 0.2) is 5.65 Å². The molecule has 0 bridgehead atoms. The van der Waals surface area contributed by atoms with Crippen molar-refractivity contribution in [3.63, 3.8) is 0 Å². The number of likely N-dealkylation sites (N-methyl/N-ethyl adjacent to an activating group) is 1. The number of amides is 1. The number of rotatable bonds is 13. The molecule has 33 heavy (non-hydrogen) atoms. The van der Waals surface area contributed by atoms with Gasteiger partial charge >= 0.3 is 0 Å². The average molecular weight is 449 g/mol. The molecule has 0 saturated carbocycles.